The van der Waals surface area contributed by atoms with Crippen molar-refractivity contribution in [3.63, 3.8) is 0 Å². The van der Waals surface area contributed by atoms with Gasteiger partial charge in [0.15, 0.2) is 17.5 Å². The standard InChI is InChI=1S/C79H103ClN20O18/c1-50-8-14-58-61(100(50)51(2)101)17-15-57(70(58)59-42-54(80)13-16-60(59)82)52-9-11-53(12-10-52)74(105)85-24-26-111-28-30-113-32-34-115-36-38-117-40-41-118-39-37-116-35-33-114-31-29-112-27-25-86-77(108)71-92-65(47-97(71)5)90-68(103)19-22-83-75(106)63-44-56(46-96(63)4)88-79(110)73-94-66(49-99(73)7)91-69(104)20-23-84-76(107)62-43-55(45-95(62)3)87-78(109)72-93-64(48-98(72)6)89-67(102)18-21-81/h9-13,15-17,42-50H,8,14,18-41,81-82H2,1-7H3,(H,83,106)(H,84,107)(H,85,105)(H,86,108)(H,87,109)(H,88,110)(H,89,102)(H,90,103)(H,91,104)/t50-/m0/s1. The molecule has 10 amide bonds. The van der Waals surface area contributed by atoms with Crippen LogP contribution in [-0.4, -0.2) is 241 Å². The predicted octanol–water partition coefficient (Wildman–Crippen LogP) is 4.42. The molecule has 13 N–H and O–H groups in total. The van der Waals surface area contributed by atoms with Crippen LogP contribution in [0.15, 0.2) is 97.7 Å². The normalized spacial score (nSPS) is 12.4. The number of hydrogen-bond donors (Lipinski definition) is 11. The van der Waals surface area contributed by atoms with Crippen LogP contribution in [0.3, 0.4) is 0 Å². The van der Waals surface area contributed by atoms with Crippen LogP contribution < -0.4 is 64.2 Å². The van der Waals surface area contributed by atoms with Crippen LogP contribution in [0.4, 0.5) is 40.2 Å². The van der Waals surface area contributed by atoms with E-state index >= 15 is 0 Å². The molecule has 3 aromatic carbocycles. The Kier molecular flexibility index (Phi) is 34.9. The molecule has 6 heterocycles. The highest BCUT2D eigenvalue weighted by Crippen LogP contribution is 2.46. The molecule has 0 spiro atoms. The number of rotatable bonds is 48. The van der Waals surface area contributed by atoms with Gasteiger partial charge in [-0.15, -0.1) is 0 Å². The SMILES string of the molecule is CC(=O)N1c2ccc(-c3ccc(C(=O)NCCOCCOCCOCCOCCOCCOCCOCCOCCNC(=O)c4nc(NC(=O)CCNC(=O)c5cc(NC(=O)c6nc(NC(=O)CCNC(=O)c7cc(NC(=O)c8nc(NC(=O)CCN)cn8C)cn7C)cn6C)cn5C)cn4C)cc3)c(-c3cc(Cl)ccc3N)c2CC[C@@H]1C. The van der Waals surface area contributed by atoms with Crippen LogP contribution in [0.2, 0.25) is 5.02 Å². The number of halogens is 1. The first kappa shape index (κ1) is 90.2. The number of imidazole rings is 3. The Morgan fingerprint density at radius 1 is 0.441 bits per heavy atom. The zero-order valence-electron chi connectivity index (χ0n) is 67.1. The summed E-state index contributed by atoms with van der Waals surface area (Å²) in [6.07, 6.45) is 8.78. The molecule has 0 unspecified atom stereocenters. The molecule has 1 atom stereocenters. The van der Waals surface area contributed by atoms with E-state index in [4.69, 9.17) is 61.0 Å². The van der Waals surface area contributed by atoms with Gasteiger partial charge < -0.3 is 125 Å². The van der Waals surface area contributed by atoms with E-state index < -0.39 is 41.4 Å². The van der Waals surface area contributed by atoms with Crippen molar-refractivity contribution < 1.29 is 85.8 Å². The number of ether oxygens (including phenoxy) is 8. The predicted molar refractivity (Wildman–Crippen MR) is 439 cm³/mol. The van der Waals surface area contributed by atoms with Gasteiger partial charge in [-0.1, -0.05) is 29.8 Å². The van der Waals surface area contributed by atoms with Crippen molar-refractivity contribution in [2.24, 2.45) is 41.0 Å². The van der Waals surface area contributed by atoms with Crippen molar-refractivity contribution in [3.8, 4) is 22.3 Å². The third kappa shape index (κ3) is 26.9. The maximum Gasteiger partial charge on any atom is 0.291 e. The van der Waals surface area contributed by atoms with Crippen molar-refractivity contribution in [2.45, 2.75) is 52.0 Å². The average molecular weight is 1660 g/mol. The molecule has 9 rings (SSSR count). The summed E-state index contributed by atoms with van der Waals surface area (Å²) in [5.74, 6) is -4.00. The smallest absolute Gasteiger partial charge is 0.291 e. The number of carbonyl (C=O) groups excluding carboxylic acids is 10. The lowest BCUT2D eigenvalue weighted by molar-refractivity contribution is -0.117. The molecule has 118 heavy (non-hydrogen) atoms. The second kappa shape index (κ2) is 45.7. The molecular formula is C79H103ClN20O18. The number of nitrogens with one attached hydrogen (secondary N) is 9. The molecule has 0 fully saturated rings. The maximum absolute atomic E-state index is 13.3. The van der Waals surface area contributed by atoms with Crippen LogP contribution in [0.25, 0.3) is 22.3 Å². The molecule has 0 radical (unpaired) electrons. The molecule has 0 bridgehead atoms. The van der Waals surface area contributed by atoms with Crippen LogP contribution in [0, 0.1) is 0 Å². The lowest BCUT2D eigenvalue weighted by Gasteiger charge is -2.36. The highest BCUT2D eigenvalue weighted by Gasteiger charge is 2.31. The Morgan fingerprint density at radius 2 is 0.839 bits per heavy atom. The van der Waals surface area contributed by atoms with E-state index in [0.717, 1.165) is 46.3 Å². The number of nitrogen functional groups attached to an aromatic ring is 1. The van der Waals surface area contributed by atoms with Gasteiger partial charge in [0.1, 0.15) is 11.4 Å². The van der Waals surface area contributed by atoms with Gasteiger partial charge in [-0.3, -0.25) is 47.9 Å². The van der Waals surface area contributed by atoms with Gasteiger partial charge in [-0.05, 0) is 90.6 Å². The molecule has 38 nitrogen and oxygen atoms in total. The number of aromatic nitrogens is 8. The number of hydrogen-bond acceptors (Lipinski definition) is 23. The molecule has 0 saturated heterocycles. The molecule has 0 saturated carbocycles. The first-order chi connectivity index (χ1) is 56.8. The molecular weight excluding hydrogens is 1550 g/mol. The summed E-state index contributed by atoms with van der Waals surface area (Å²) in [5.41, 5.74) is 19.4. The summed E-state index contributed by atoms with van der Waals surface area (Å²) in [7, 11) is 7.94. The second-order valence-electron chi connectivity index (χ2n) is 27.2. The zero-order chi connectivity index (χ0) is 84.6. The summed E-state index contributed by atoms with van der Waals surface area (Å²) in [5, 5.41) is 24.7. The number of carbonyl (C=O) groups is 10. The van der Waals surface area contributed by atoms with Crippen LogP contribution in [0.1, 0.15) is 108 Å². The number of nitrogens with two attached hydrogens (primary N) is 2. The van der Waals surface area contributed by atoms with E-state index in [9.17, 15) is 47.9 Å². The zero-order valence-corrected chi connectivity index (χ0v) is 67.9. The molecule has 634 valence electrons. The van der Waals surface area contributed by atoms with E-state index in [1.807, 2.05) is 35.2 Å². The minimum atomic E-state index is -0.649. The quantitative estimate of drug-likeness (QED) is 0.0186. The topological polar surface area (TPSA) is 471 Å². The minimum absolute atomic E-state index is 0.00634. The van der Waals surface area contributed by atoms with E-state index in [0.29, 0.717) is 128 Å². The number of amides is 10. The Balaban J connectivity index is 0.525. The minimum Gasteiger partial charge on any atom is -0.398 e. The van der Waals surface area contributed by atoms with Crippen molar-refractivity contribution in [1.29, 1.82) is 0 Å². The first-order valence-electron chi connectivity index (χ1n) is 38.4. The molecule has 0 aliphatic carbocycles. The average Bonchev–Trinajstić information content (AvgIpc) is 1.11. The van der Waals surface area contributed by atoms with E-state index in [1.54, 1.807) is 66.4 Å². The third-order valence-electron chi connectivity index (χ3n) is 18.2. The number of aryl methyl sites for hydroxylation is 5. The van der Waals surface area contributed by atoms with Crippen molar-refractivity contribution in [2.75, 3.05) is 176 Å². The van der Waals surface area contributed by atoms with Gasteiger partial charge in [0.05, 0.1) is 117 Å². The highest BCUT2D eigenvalue weighted by atomic mass is 35.5. The third-order valence-corrected chi connectivity index (χ3v) is 18.5. The highest BCUT2D eigenvalue weighted by molar-refractivity contribution is 6.31. The Morgan fingerprint density at radius 3 is 1.26 bits per heavy atom. The number of fused-ring (bicyclic) bond motifs is 1. The van der Waals surface area contributed by atoms with Crippen molar-refractivity contribution in [3.05, 3.63) is 143 Å². The van der Waals surface area contributed by atoms with Gasteiger partial charge in [0.2, 0.25) is 41.1 Å². The molecule has 1 aliphatic rings. The monoisotopic (exact) mass is 1650 g/mol. The van der Waals surface area contributed by atoms with Gasteiger partial charge in [0.25, 0.3) is 35.4 Å². The van der Waals surface area contributed by atoms with Gasteiger partial charge in [-0.25, -0.2) is 15.0 Å². The van der Waals surface area contributed by atoms with Crippen LogP contribution >= 0.6 is 11.6 Å². The molecule has 5 aromatic heterocycles. The van der Waals surface area contributed by atoms with Crippen LogP contribution in [-0.2, 0) is 98.7 Å². The maximum atomic E-state index is 13.3. The fraction of sp³-hybridized carbons (Fsp3) is 0.430. The van der Waals surface area contributed by atoms with Gasteiger partial charge in [-0.2, -0.15) is 0 Å². The van der Waals surface area contributed by atoms with Crippen LogP contribution in [0.5, 0.6) is 0 Å². The summed E-state index contributed by atoms with van der Waals surface area (Å²) in [6, 6.07) is 19.8. The van der Waals surface area contributed by atoms with Crippen molar-refractivity contribution >= 4 is 111 Å². The lowest BCUT2D eigenvalue weighted by atomic mass is 9.84. The van der Waals surface area contributed by atoms with Gasteiger partial charge >= 0.3 is 0 Å². The molecule has 8 aromatic rings. The Labute approximate surface area is 686 Å². The van der Waals surface area contributed by atoms with E-state index in [1.165, 1.54) is 66.0 Å². The molecule has 1 aliphatic heterocycles. The largest absolute Gasteiger partial charge is 0.398 e. The molecule has 39 heteroatoms. The fourth-order valence-electron chi connectivity index (χ4n) is 12.5. The van der Waals surface area contributed by atoms with Gasteiger partial charge in [0, 0.05) is 159 Å². The lowest BCUT2D eigenvalue weighted by Crippen LogP contribution is -2.40. The fourth-order valence-corrected chi connectivity index (χ4v) is 12.7. The van der Waals surface area contributed by atoms with Crippen molar-refractivity contribution in [1.82, 2.24) is 59.1 Å². The number of nitrogens with zero attached hydrogens (tertiary/aromatic N) is 9. The Bertz CT molecular complexity index is 4780. The van der Waals surface area contributed by atoms with E-state index in [2.05, 4.69) is 69.7 Å². The Hall–Kier alpha value is -11.7. The summed E-state index contributed by atoms with van der Waals surface area (Å²) < 4.78 is 51.9. The second-order valence-corrected chi connectivity index (χ2v) is 27.7. The van der Waals surface area contributed by atoms with E-state index in [-0.39, 0.29) is 128 Å². The summed E-state index contributed by atoms with van der Waals surface area (Å²) in [6.45, 7) is 9.96. The number of benzene rings is 3. The summed E-state index contributed by atoms with van der Waals surface area (Å²) in [4.78, 5) is 143. The summed E-state index contributed by atoms with van der Waals surface area (Å²) >= 11 is 6.48. The first-order valence-corrected chi connectivity index (χ1v) is 38.7. The number of anilines is 7.